The van der Waals surface area contributed by atoms with Gasteiger partial charge in [-0.25, -0.2) is 9.97 Å². The molecule has 2 aromatic carbocycles. The van der Waals surface area contributed by atoms with Gasteiger partial charge in [0.1, 0.15) is 17.3 Å². The quantitative estimate of drug-likeness (QED) is 0.293. The van der Waals surface area contributed by atoms with Crippen molar-refractivity contribution < 1.29 is 14.3 Å². The van der Waals surface area contributed by atoms with E-state index < -0.39 is 0 Å². The van der Waals surface area contributed by atoms with E-state index in [-0.39, 0.29) is 5.91 Å². The van der Waals surface area contributed by atoms with Crippen molar-refractivity contribution in [1.82, 2.24) is 25.5 Å². The van der Waals surface area contributed by atoms with Crippen LogP contribution in [0.2, 0.25) is 0 Å². The number of nitrogens with one attached hydrogen (secondary N) is 2. The summed E-state index contributed by atoms with van der Waals surface area (Å²) in [5, 5.41) is 10.2. The van der Waals surface area contributed by atoms with Crippen molar-refractivity contribution in [1.29, 1.82) is 0 Å². The number of H-pyrrole nitrogens is 1. The molecular weight excluding hydrogens is 504 g/mol. The number of anilines is 1. The minimum absolute atomic E-state index is 0.101. The van der Waals surface area contributed by atoms with Gasteiger partial charge in [0.15, 0.2) is 5.82 Å². The molecule has 0 bridgehead atoms. The molecule has 1 aliphatic heterocycles. The van der Waals surface area contributed by atoms with E-state index in [1.54, 1.807) is 25.4 Å². The lowest BCUT2D eigenvalue weighted by Crippen LogP contribution is -2.39. The highest BCUT2D eigenvalue weighted by Gasteiger charge is 2.23. The Balaban J connectivity index is 1.04. The summed E-state index contributed by atoms with van der Waals surface area (Å²) >= 11 is 0. The largest absolute Gasteiger partial charge is 0.497 e. The van der Waals surface area contributed by atoms with E-state index in [2.05, 4.69) is 31.5 Å². The lowest BCUT2D eigenvalue weighted by molar-refractivity contribution is 0.0944. The number of benzene rings is 2. The third kappa shape index (κ3) is 6.25. The fourth-order valence-corrected chi connectivity index (χ4v) is 5.01. The number of amides is 1. The number of piperidine rings is 1. The number of rotatable bonds is 10. The van der Waals surface area contributed by atoms with Gasteiger partial charge in [-0.05, 0) is 67.9 Å². The third-order valence-electron chi connectivity index (χ3n) is 7.62. The van der Waals surface area contributed by atoms with Crippen LogP contribution < -0.4 is 19.7 Å². The van der Waals surface area contributed by atoms with Gasteiger partial charge in [0.05, 0.1) is 19.4 Å². The number of methoxy groups -OCH3 is 1. The van der Waals surface area contributed by atoms with Crippen LogP contribution in [0.4, 0.5) is 5.82 Å². The van der Waals surface area contributed by atoms with Crippen LogP contribution in [-0.2, 0) is 0 Å². The molecule has 6 rings (SSSR count). The predicted octanol–water partition coefficient (Wildman–Crippen LogP) is 4.98. The van der Waals surface area contributed by atoms with Gasteiger partial charge in [-0.2, -0.15) is 5.10 Å². The van der Waals surface area contributed by atoms with Crippen LogP contribution in [-0.4, -0.2) is 59.4 Å². The van der Waals surface area contributed by atoms with E-state index in [9.17, 15) is 4.79 Å². The van der Waals surface area contributed by atoms with Crippen molar-refractivity contribution in [2.75, 3.05) is 38.3 Å². The maximum absolute atomic E-state index is 13.0. The molecule has 2 aliphatic rings. The van der Waals surface area contributed by atoms with Crippen LogP contribution >= 0.6 is 0 Å². The molecule has 9 heteroatoms. The van der Waals surface area contributed by atoms with Crippen molar-refractivity contribution in [3.05, 3.63) is 72.6 Å². The number of aromatic nitrogens is 4. The molecule has 3 heterocycles. The second-order valence-electron chi connectivity index (χ2n) is 10.6. The molecular formula is C31H34N6O3. The summed E-state index contributed by atoms with van der Waals surface area (Å²) in [7, 11) is 1.61. The summed E-state index contributed by atoms with van der Waals surface area (Å²) in [6, 6.07) is 17.5. The number of nitrogens with zero attached hydrogens (tertiary/aromatic N) is 4. The van der Waals surface area contributed by atoms with Crippen LogP contribution in [0.3, 0.4) is 0 Å². The summed E-state index contributed by atoms with van der Waals surface area (Å²) in [4.78, 5) is 24.7. The molecule has 2 N–H and O–H groups in total. The summed E-state index contributed by atoms with van der Waals surface area (Å²) in [6.45, 7) is 3.09. The molecule has 1 aliphatic carbocycles. The maximum Gasteiger partial charge on any atom is 0.251 e. The molecule has 0 spiro atoms. The number of carbonyl (C=O) groups is 1. The molecule has 0 radical (unpaired) electrons. The Kier molecular flexibility index (Phi) is 7.61. The molecule has 4 aromatic rings. The molecule has 40 heavy (non-hydrogen) atoms. The van der Waals surface area contributed by atoms with Crippen molar-refractivity contribution in [3.8, 4) is 34.1 Å². The van der Waals surface area contributed by atoms with E-state index in [0.29, 0.717) is 47.9 Å². The van der Waals surface area contributed by atoms with Crippen molar-refractivity contribution in [2.45, 2.75) is 25.7 Å². The SMILES string of the molecule is COc1cc(OCC2CC2)cc(C(=O)NCC2CCN(c3ccnc(-c4cccc(-c5ccn[nH]5)c4)n3)CC2)c1. The van der Waals surface area contributed by atoms with Crippen molar-refractivity contribution in [2.24, 2.45) is 11.8 Å². The lowest BCUT2D eigenvalue weighted by atomic mass is 9.96. The summed E-state index contributed by atoms with van der Waals surface area (Å²) in [5.41, 5.74) is 3.53. The van der Waals surface area contributed by atoms with Gasteiger partial charge in [0, 0.05) is 54.8 Å². The molecule has 206 valence electrons. The maximum atomic E-state index is 13.0. The van der Waals surface area contributed by atoms with E-state index >= 15 is 0 Å². The Morgan fingerprint density at radius 1 is 0.975 bits per heavy atom. The van der Waals surface area contributed by atoms with E-state index in [1.165, 1.54) is 12.8 Å². The Labute approximate surface area is 234 Å². The van der Waals surface area contributed by atoms with Gasteiger partial charge in [0.2, 0.25) is 0 Å². The fourth-order valence-electron chi connectivity index (χ4n) is 5.01. The second-order valence-corrected chi connectivity index (χ2v) is 10.6. The average molecular weight is 539 g/mol. The number of carbonyl (C=O) groups excluding carboxylic acids is 1. The first-order valence-electron chi connectivity index (χ1n) is 13.9. The van der Waals surface area contributed by atoms with Crippen molar-refractivity contribution in [3.63, 3.8) is 0 Å². The topological polar surface area (TPSA) is 105 Å². The zero-order chi connectivity index (χ0) is 27.3. The normalized spacial score (nSPS) is 15.6. The van der Waals surface area contributed by atoms with E-state index in [1.807, 2.05) is 42.6 Å². The van der Waals surface area contributed by atoms with Crippen LogP contribution in [0.1, 0.15) is 36.0 Å². The zero-order valence-electron chi connectivity index (χ0n) is 22.7. The monoisotopic (exact) mass is 538 g/mol. The molecule has 2 aromatic heterocycles. The molecule has 0 unspecified atom stereocenters. The van der Waals surface area contributed by atoms with Crippen LogP contribution in [0.5, 0.6) is 11.5 Å². The number of aromatic amines is 1. The second kappa shape index (κ2) is 11.8. The highest BCUT2D eigenvalue weighted by atomic mass is 16.5. The Hall–Kier alpha value is -4.40. The standard InChI is InChI=1S/C31H34N6O3/c1-39-26-16-25(17-27(18-26)40-20-22-5-6-22)31(38)33-19-21-9-13-37(14-10-21)29-8-11-32-30(35-29)24-4-2-3-23(15-24)28-7-12-34-36-28/h2-4,7-8,11-12,15-18,21-22H,5-6,9-10,13-14,19-20H2,1H3,(H,33,38)(H,34,36). The molecule has 9 nitrogen and oxygen atoms in total. The Morgan fingerprint density at radius 2 is 1.80 bits per heavy atom. The smallest absolute Gasteiger partial charge is 0.251 e. The van der Waals surface area contributed by atoms with Crippen LogP contribution in [0.25, 0.3) is 22.6 Å². The summed E-state index contributed by atoms with van der Waals surface area (Å²) in [5.74, 6) is 3.88. The predicted molar refractivity (Wildman–Crippen MR) is 154 cm³/mol. The molecule has 1 saturated heterocycles. The van der Waals surface area contributed by atoms with Gasteiger partial charge < -0.3 is 19.7 Å². The van der Waals surface area contributed by atoms with Gasteiger partial charge in [0.25, 0.3) is 5.91 Å². The molecule has 1 amide bonds. The minimum Gasteiger partial charge on any atom is -0.497 e. The minimum atomic E-state index is -0.101. The number of hydrogen-bond acceptors (Lipinski definition) is 7. The summed E-state index contributed by atoms with van der Waals surface area (Å²) < 4.78 is 11.3. The van der Waals surface area contributed by atoms with Gasteiger partial charge in [-0.15, -0.1) is 0 Å². The van der Waals surface area contributed by atoms with Gasteiger partial charge in [-0.1, -0.05) is 18.2 Å². The van der Waals surface area contributed by atoms with E-state index in [4.69, 9.17) is 14.5 Å². The molecule has 0 atom stereocenters. The molecule has 1 saturated carbocycles. The van der Waals surface area contributed by atoms with Crippen LogP contribution in [0.15, 0.2) is 67.0 Å². The highest BCUT2D eigenvalue weighted by Crippen LogP contribution is 2.31. The Morgan fingerprint density at radius 3 is 2.58 bits per heavy atom. The first-order valence-corrected chi connectivity index (χ1v) is 13.9. The van der Waals surface area contributed by atoms with E-state index in [0.717, 1.165) is 48.6 Å². The Bertz CT molecular complexity index is 1450. The first-order chi connectivity index (χ1) is 19.6. The lowest BCUT2D eigenvalue weighted by Gasteiger charge is -2.33. The summed E-state index contributed by atoms with van der Waals surface area (Å²) in [6.07, 6.45) is 7.95. The van der Waals surface area contributed by atoms with Gasteiger partial charge in [-0.3, -0.25) is 9.89 Å². The fraction of sp³-hybridized carbons (Fsp3) is 0.355. The molecule has 2 fully saturated rings. The average Bonchev–Trinajstić information content (AvgIpc) is 3.68. The highest BCUT2D eigenvalue weighted by molar-refractivity contribution is 5.95. The third-order valence-corrected chi connectivity index (χ3v) is 7.62. The first kappa shape index (κ1) is 25.9. The zero-order valence-corrected chi connectivity index (χ0v) is 22.7. The number of ether oxygens (including phenoxy) is 2. The van der Waals surface area contributed by atoms with Crippen LogP contribution in [0, 0.1) is 11.8 Å². The van der Waals surface area contributed by atoms with Crippen molar-refractivity contribution >= 4 is 11.7 Å². The van der Waals surface area contributed by atoms with Gasteiger partial charge >= 0.3 is 0 Å². The number of hydrogen-bond donors (Lipinski definition) is 2.